The van der Waals surface area contributed by atoms with Crippen molar-refractivity contribution in [3.63, 3.8) is 0 Å². The van der Waals surface area contributed by atoms with Crippen LogP contribution in [0.15, 0.2) is 42.5 Å². The van der Waals surface area contributed by atoms with E-state index in [9.17, 15) is 0 Å². The van der Waals surface area contributed by atoms with Crippen molar-refractivity contribution >= 4 is 33.4 Å². The first kappa shape index (κ1) is 7.10. The van der Waals surface area contributed by atoms with E-state index in [4.69, 9.17) is 0 Å². The van der Waals surface area contributed by atoms with Gasteiger partial charge in [-0.05, 0) is 45.5 Å². The monoisotopic (exact) mass is 254 g/mol. The third-order valence-corrected chi connectivity index (χ3v) is 2.38. The van der Waals surface area contributed by atoms with Gasteiger partial charge in [-0.25, -0.2) is 0 Å². The average molecular weight is 254 g/mol. The molecule has 0 atom stereocenters. The third-order valence-electron chi connectivity index (χ3n) is 1.71. The van der Waals surface area contributed by atoms with Gasteiger partial charge in [-0.15, -0.1) is 0 Å². The molecule has 11 heavy (non-hydrogen) atoms. The molecule has 0 nitrogen and oxygen atoms in total. The number of hydrogen-bond donors (Lipinski definition) is 0. The highest BCUT2D eigenvalue weighted by Gasteiger charge is 1.90. The predicted octanol–water partition coefficient (Wildman–Crippen LogP) is 3.44. The summed E-state index contributed by atoms with van der Waals surface area (Å²) in [6, 6.07) is 14.9. The van der Waals surface area contributed by atoms with Crippen molar-refractivity contribution < 1.29 is 0 Å². The largest absolute Gasteiger partial charge is 0.0616 e. The van der Waals surface area contributed by atoms with Crippen molar-refractivity contribution in [2.24, 2.45) is 0 Å². The van der Waals surface area contributed by atoms with E-state index >= 15 is 0 Å². The van der Waals surface area contributed by atoms with Gasteiger partial charge in [0.25, 0.3) is 0 Å². The molecule has 0 amide bonds. The maximum atomic E-state index is 2.33. The summed E-state index contributed by atoms with van der Waals surface area (Å²) >= 11 is 2.33. The molecule has 0 bridgehead atoms. The minimum Gasteiger partial charge on any atom is -0.0616 e. The molecule has 0 aliphatic carbocycles. The second-order valence-corrected chi connectivity index (χ2v) is 3.74. The lowest BCUT2D eigenvalue weighted by atomic mass is 10.1. The molecule has 0 N–H and O–H groups in total. The Balaban J connectivity index is 2.83. The lowest BCUT2D eigenvalue weighted by molar-refractivity contribution is 1.70. The van der Waals surface area contributed by atoms with Crippen LogP contribution in [0.5, 0.6) is 0 Å². The highest BCUT2D eigenvalue weighted by atomic mass is 127. The van der Waals surface area contributed by atoms with Gasteiger partial charge in [-0.3, -0.25) is 0 Å². The highest BCUT2D eigenvalue weighted by molar-refractivity contribution is 14.1. The molecule has 0 saturated heterocycles. The first-order chi connectivity index (χ1) is 5.36. The van der Waals surface area contributed by atoms with E-state index in [1.54, 1.807) is 0 Å². The summed E-state index contributed by atoms with van der Waals surface area (Å²) in [4.78, 5) is 0. The molecular weight excluding hydrogens is 247 g/mol. The fourth-order valence-corrected chi connectivity index (χ4v) is 1.68. The summed E-state index contributed by atoms with van der Waals surface area (Å²) < 4.78 is 1.29. The van der Waals surface area contributed by atoms with Gasteiger partial charge < -0.3 is 0 Å². The van der Waals surface area contributed by atoms with Crippen LogP contribution in [0.2, 0.25) is 0 Å². The first-order valence-electron chi connectivity index (χ1n) is 3.50. The van der Waals surface area contributed by atoms with Gasteiger partial charge in [-0.1, -0.05) is 30.3 Å². The summed E-state index contributed by atoms with van der Waals surface area (Å²) in [5.74, 6) is 0. The molecule has 0 radical (unpaired) electrons. The molecule has 0 aliphatic rings. The van der Waals surface area contributed by atoms with E-state index in [2.05, 4.69) is 65.1 Å². The number of fused-ring (bicyclic) bond motifs is 1. The lowest BCUT2D eigenvalue weighted by Gasteiger charge is -1.95. The van der Waals surface area contributed by atoms with E-state index in [0.29, 0.717) is 0 Å². The van der Waals surface area contributed by atoms with Crippen LogP contribution in [0, 0.1) is 3.57 Å². The fraction of sp³-hybridized carbons (Fsp3) is 0. The van der Waals surface area contributed by atoms with Gasteiger partial charge in [0, 0.05) is 3.57 Å². The van der Waals surface area contributed by atoms with Crippen LogP contribution in [0.3, 0.4) is 0 Å². The number of halogens is 1. The number of rotatable bonds is 0. The van der Waals surface area contributed by atoms with Crippen molar-refractivity contribution in [2.75, 3.05) is 0 Å². The van der Waals surface area contributed by atoms with Crippen LogP contribution in [0.1, 0.15) is 0 Å². The zero-order valence-corrected chi connectivity index (χ0v) is 8.08. The van der Waals surface area contributed by atoms with Gasteiger partial charge in [0.15, 0.2) is 0 Å². The molecule has 2 aromatic rings. The number of hydrogen-bond acceptors (Lipinski definition) is 0. The van der Waals surface area contributed by atoms with Crippen LogP contribution >= 0.6 is 22.6 Å². The van der Waals surface area contributed by atoms with Crippen molar-refractivity contribution in [3.05, 3.63) is 46.0 Å². The summed E-state index contributed by atoms with van der Waals surface area (Å²) in [6.07, 6.45) is 0. The van der Waals surface area contributed by atoms with Gasteiger partial charge >= 0.3 is 0 Å². The molecular formula is C10H7I. The van der Waals surface area contributed by atoms with Crippen LogP contribution in [-0.4, -0.2) is 0 Å². The SMILES string of the molecule is Ic1ccc2ccccc2c1. The molecule has 0 spiro atoms. The molecule has 0 heterocycles. The predicted molar refractivity (Wildman–Crippen MR) is 56.7 cm³/mol. The molecule has 2 rings (SSSR count). The van der Waals surface area contributed by atoms with Gasteiger partial charge in [0.1, 0.15) is 0 Å². The molecule has 2 aromatic carbocycles. The maximum absolute atomic E-state index is 2.33. The first-order valence-corrected chi connectivity index (χ1v) is 4.58. The van der Waals surface area contributed by atoms with Crippen LogP contribution in [0.25, 0.3) is 10.8 Å². The van der Waals surface area contributed by atoms with Crippen LogP contribution in [0.4, 0.5) is 0 Å². The van der Waals surface area contributed by atoms with E-state index in [-0.39, 0.29) is 0 Å². The lowest BCUT2D eigenvalue weighted by Crippen LogP contribution is -1.72. The summed E-state index contributed by atoms with van der Waals surface area (Å²) in [5.41, 5.74) is 0. The molecule has 0 saturated carbocycles. The zero-order chi connectivity index (χ0) is 7.68. The van der Waals surface area contributed by atoms with E-state index in [1.165, 1.54) is 14.3 Å². The average Bonchev–Trinajstić information content (AvgIpc) is 2.04. The van der Waals surface area contributed by atoms with Crippen LogP contribution < -0.4 is 0 Å². The van der Waals surface area contributed by atoms with E-state index in [1.807, 2.05) is 0 Å². The topological polar surface area (TPSA) is 0 Å². The smallest absolute Gasteiger partial charge is 0.0136 e. The Morgan fingerprint density at radius 1 is 0.818 bits per heavy atom. The minimum atomic E-state index is 1.29. The van der Waals surface area contributed by atoms with Gasteiger partial charge in [0.05, 0.1) is 0 Å². The van der Waals surface area contributed by atoms with Crippen molar-refractivity contribution in [1.82, 2.24) is 0 Å². The van der Waals surface area contributed by atoms with E-state index in [0.717, 1.165) is 0 Å². The minimum absolute atomic E-state index is 1.29. The molecule has 0 aromatic heterocycles. The van der Waals surface area contributed by atoms with Gasteiger partial charge in [0.2, 0.25) is 0 Å². The molecule has 0 fully saturated rings. The quantitative estimate of drug-likeness (QED) is 0.631. The zero-order valence-electron chi connectivity index (χ0n) is 5.92. The summed E-state index contributed by atoms with van der Waals surface area (Å²) in [7, 11) is 0. The molecule has 54 valence electrons. The second-order valence-electron chi connectivity index (χ2n) is 2.49. The molecule has 1 heteroatoms. The summed E-state index contributed by atoms with van der Waals surface area (Å²) in [5, 5.41) is 2.63. The van der Waals surface area contributed by atoms with Gasteiger partial charge in [-0.2, -0.15) is 0 Å². The Hall–Kier alpha value is -0.570. The normalized spacial score (nSPS) is 10.3. The second kappa shape index (κ2) is 2.81. The van der Waals surface area contributed by atoms with Crippen molar-refractivity contribution in [2.45, 2.75) is 0 Å². The fourth-order valence-electron chi connectivity index (χ4n) is 1.16. The third kappa shape index (κ3) is 1.38. The Bertz CT molecular complexity index is 379. The maximum Gasteiger partial charge on any atom is 0.0136 e. The highest BCUT2D eigenvalue weighted by Crippen LogP contribution is 2.16. The number of benzene rings is 2. The standard InChI is InChI=1S/C10H7I/c11-10-6-5-8-3-1-2-4-9(8)7-10/h1-7H. The summed E-state index contributed by atoms with van der Waals surface area (Å²) in [6.45, 7) is 0. The Labute approximate surface area is 79.4 Å². The van der Waals surface area contributed by atoms with Crippen molar-refractivity contribution in [1.29, 1.82) is 0 Å². The Kier molecular flexibility index (Phi) is 1.82. The Morgan fingerprint density at radius 3 is 2.36 bits per heavy atom. The van der Waals surface area contributed by atoms with Crippen molar-refractivity contribution in [3.8, 4) is 0 Å². The molecule has 0 aliphatic heterocycles. The Morgan fingerprint density at radius 2 is 1.55 bits per heavy atom. The van der Waals surface area contributed by atoms with Crippen LogP contribution in [-0.2, 0) is 0 Å². The van der Waals surface area contributed by atoms with E-state index < -0.39 is 0 Å². The molecule has 0 unspecified atom stereocenters.